The van der Waals surface area contributed by atoms with Crippen molar-refractivity contribution < 1.29 is 0 Å². The first kappa shape index (κ1) is 9.02. The molecule has 2 rings (SSSR count). The van der Waals surface area contributed by atoms with Gasteiger partial charge in [0, 0.05) is 7.05 Å². The summed E-state index contributed by atoms with van der Waals surface area (Å²) >= 11 is 1.91. The van der Waals surface area contributed by atoms with Crippen molar-refractivity contribution in [3.05, 3.63) is 11.9 Å². The Morgan fingerprint density at radius 3 is 3.08 bits per heavy atom. The summed E-state index contributed by atoms with van der Waals surface area (Å²) in [4.78, 5) is 0. The summed E-state index contributed by atoms with van der Waals surface area (Å²) in [6.45, 7) is 3.33. The SMILES string of the molecule is CC1CNC(c2cn(C)nn2)SC1. The summed E-state index contributed by atoms with van der Waals surface area (Å²) in [6, 6.07) is 0. The second kappa shape index (κ2) is 3.67. The van der Waals surface area contributed by atoms with Crippen molar-refractivity contribution in [3.63, 3.8) is 0 Å². The first-order valence-electron chi connectivity index (χ1n) is 4.47. The maximum atomic E-state index is 4.09. The zero-order valence-electron chi connectivity index (χ0n) is 7.90. The average molecular weight is 198 g/mol. The first-order valence-corrected chi connectivity index (χ1v) is 5.52. The van der Waals surface area contributed by atoms with Crippen LogP contribution < -0.4 is 5.32 Å². The van der Waals surface area contributed by atoms with Gasteiger partial charge in [-0.15, -0.1) is 16.9 Å². The van der Waals surface area contributed by atoms with Gasteiger partial charge in [-0.2, -0.15) is 0 Å². The maximum Gasteiger partial charge on any atom is 0.110 e. The van der Waals surface area contributed by atoms with Gasteiger partial charge in [0.25, 0.3) is 0 Å². The van der Waals surface area contributed by atoms with E-state index in [-0.39, 0.29) is 0 Å². The molecule has 1 aliphatic heterocycles. The minimum Gasteiger partial charge on any atom is -0.300 e. The topological polar surface area (TPSA) is 42.7 Å². The number of rotatable bonds is 1. The molecule has 5 heteroatoms. The van der Waals surface area contributed by atoms with Gasteiger partial charge in [-0.05, 0) is 18.2 Å². The highest BCUT2D eigenvalue weighted by atomic mass is 32.2. The molecule has 4 nitrogen and oxygen atoms in total. The van der Waals surface area contributed by atoms with E-state index in [1.165, 1.54) is 5.75 Å². The molecule has 2 atom stereocenters. The lowest BCUT2D eigenvalue weighted by Crippen LogP contribution is -2.31. The third-order valence-corrected chi connectivity index (χ3v) is 3.59. The lowest BCUT2D eigenvalue weighted by Gasteiger charge is -2.25. The van der Waals surface area contributed by atoms with Gasteiger partial charge < -0.3 is 0 Å². The average Bonchev–Trinajstić information content (AvgIpc) is 2.53. The van der Waals surface area contributed by atoms with Crippen LogP contribution >= 0.6 is 11.8 Å². The summed E-state index contributed by atoms with van der Waals surface area (Å²) in [5, 5.41) is 11.8. The third kappa shape index (κ3) is 2.03. The summed E-state index contributed by atoms with van der Waals surface area (Å²) in [6.07, 6.45) is 1.97. The van der Waals surface area contributed by atoms with Crippen molar-refractivity contribution in [3.8, 4) is 0 Å². The van der Waals surface area contributed by atoms with E-state index < -0.39 is 0 Å². The molecule has 0 aromatic carbocycles. The van der Waals surface area contributed by atoms with Crippen molar-refractivity contribution in [2.24, 2.45) is 13.0 Å². The lowest BCUT2D eigenvalue weighted by atomic mass is 10.2. The summed E-state index contributed by atoms with van der Waals surface area (Å²) in [5.74, 6) is 1.96. The highest BCUT2D eigenvalue weighted by molar-refractivity contribution is 7.99. The van der Waals surface area contributed by atoms with Crippen LogP contribution in [0.1, 0.15) is 18.0 Å². The third-order valence-electron chi connectivity index (χ3n) is 2.09. The fraction of sp³-hybridized carbons (Fsp3) is 0.750. The summed E-state index contributed by atoms with van der Waals surface area (Å²) < 4.78 is 1.75. The van der Waals surface area contributed by atoms with Crippen LogP contribution in [0.4, 0.5) is 0 Å². The summed E-state index contributed by atoms with van der Waals surface area (Å²) in [5.41, 5.74) is 1.04. The standard InChI is InChI=1S/C8H14N4S/c1-6-3-9-8(13-5-6)7-4-12(2)11-10-7/h4,6,8-9H,3,5H2,1-2H3. The van der Waals surface area contributed by atoms with Gasteiger partial charge in [-0.25, -0.2) is 0 Å². The molecule has 2 heterocycles. The van der Waals surface area contributed by atoms with E-state index in [4.69, 9.17) is 0 Å². The van der Waals surface area contributed by atoms with E-state index in [2.05, 4.69) is 22.6 Å². The number of aryl methyl sites for hydroxylation is 1. The molecule has 1 N–H and O–H groups in total. The van der Waals surface area contributed by atoms with Crippen LogP contribution in [0.15, 0.2) is 6.20 Å². The first-order chi connectivity index (χ1) is 6.25. The Bertz CT molecular complexity index is 277. The van der Waals surface area contributed by atoms with Gasteiger partial charge >= 0.3 is 0 Å². The van der Waals surface area contributed by atoms with Crippen LogP contribution in [0.25, 0.3) is 0 Å². The van der Waals surface area contributed by atoms with E-state index in [0.29, 0.717) is 5.37 Å². The molecular formula is C8H14N4S. The number of hydrogen-bond acceptors (Lipinski definition) is 4. The van der Waals surface area contributed by atoms with Crippen LogP contribution in [0.3, 0.4) is 0 Å². The Kier molecular flexibility index (Phi) is 2.55. The van der Waals surface area contributed by atoms with Gasteiger partial charge in [-0.1, -0.05) is 12.1 Å². The molecule has 1 aliphatic rings. The number of nitrogens with one attached hydrogen (secondary N) is 1. The van der Waals surface area contributed by atoms with Crippen LogP contribution in [-0.4, -0.2) is 27.3 Å². The summed E-state index contributed by atoms with van der Waals surface area (Å²) in [7, 11) is 1.90. The molecule has 0 bridgehead atoms. The minimum absolute atomic E-state index is 0.338. The van der Waals surface area contributed by atoms with E-state index in [9.17, 15) is 0 Å². The number of thioether (sulfide) groups is 1. The van der Waals surface area contributed by atoms with Crippen molar-refractivity contribution in [1.82, 2.24) is 20.3 Å². The monoisotopic (exact) mass is 198 g/mol. The Morgan fingerprint density at radius 1 is 1.69 bits per heavy atom. The molecule has 0 radical (unpaired) electrons. The highest BCUT2D eigenvalue weighted by Gasteiger charge is 2.21. The fourth-order valence-corrected chi connectivity index (χ4v) is 2.49. The van der Waals surface area contributed by atoms with Crippen LogP contribution in [0.2, 0.25) is 0 Å². The minimum atomic E-state index is 0.338. The fourth-order valence-electron chi connectivity index (χ4n) is 1.36. The lowest BCUT2D eigenvalue weighted by molar-refractivity contribution is 0.524. The van der Waals surface area contributed by atoms with Crippen molar-refractivity contribution in [2.45, 2.75) is 12.3 Å². The smallest absolute Gasteiger partial charge is 0.110 e. The molecule has 1 aromatic rings. The second-order valence-corrected chi connectivity index (χ2v) is 4.68. The molecule has 0 saturated carbocycles. The predicted octanol–water partition coefficient (Wildman–Crippen LogP) is 0.786. The van der Waals surface area contributed by atoms with Gasteiger partial charge in [0.05, 0.1) is 11.6 Å². The number of aromatic nitrogens is 3. The molecular weight excluding hydrogens is 184 g/mol. The van der Waals surface area contributed by atoms with E-state index in [1.807, 2.05) is 25.0 Å². The molecule has 0 spiro atoms. The van der Waals surface area contributed by atoms with Crippen LogP contribution in [0, 0.1) is 5.92 Å². The number of hydrogen-bond donors (Lipinski definition) is 1. The molecule has 1 fully saturated rings. The van der Waals surface area contributed by atoms with Crippen molar-refractivity contribution in [1.29, 1.82) is 0 Å². The Hall–Kier alpha value is -0.550. The number of nitrogens with zero attached hydrogens (tertiary/aromatic N) is 3. The van der Waals surface area contributed by atoms with Gasteiger partial charge in [0.15, 0.2) is 0 Å². The van der Waals surface area contributed by atoms with Crippen molar-refractivity contribution >= 4 is 11.8 Å². The highest BCUT2D eigenvalue weighted by Crippen LogP contribution is 2.29. The van der Waals surface area contributed by atoms with E-state index in [1.54, 1.807) is 4.68 Å². The Morgan fingerprint density at radius 2 is 2.54 bits per heavy atom. The van der Waals surface area contributed by atoms with E-state index >= 15 is 0 Å². The van der Waals surface area contributed by atoms with E-state index in [0.717, 1.165) is 18.2 Å². The zero-order valence-corrected chi connectivity index (χ0v) is 8.71. The molecule has 0 aliphatic carbocycles. The van der Waals surface area contributed by atoms with Gasteiger partial charge in [0.1, 0.15) is 5.69 Å². The normalized spacial score (nSPS) is 29.1. The second-order valence-electron chi connectivity index (χ2n) is 3.54. The molecule has 13 heavy (non-hydrogen) atoms. The maximum absolute atomic E-state index is 4.09. The molecule has 2 unspecified atom stereocenters. The zero-order chi connectivity index (χ0) is 9.26. The van der Waals surface area contributed by atoms with Crippen molar-refractivity contribution in [2.75, 3.05) is 12.3 Å². The van der Waals surface area contributed by atoms with Crippen LogP contribution in [0.5, 0.6) is 0 Å². The van der Waals surface area contributed by atoms with Gasteiger partial charge in [0.2, 0.25) is 0 Å². The molecule has 1 saturated heterocycles. The molecule has 1 aromatic heterocycles. The largest absolute Gasteiger partial charge is 0.300 e. The van der Waals surface area contributed by atoms with Gasteiger partial charge in [-0.3, -0.25) is 10.00 Å². The Labute approximate surface area is 82.1 Å². The Balaban J connectivity index is 2.02. The molecule has 0 amide bonds. The quantitative estimate of drug-likeness (QED) is 0.724. The van der Waals surface area contributed by atoms with Crippen LogP contribution in [-0.2, 0) is 7.05 Å². The molecule has 72 valence electrons. The predicted molar refractivity (Wildman–Crippen MR) is 53.4 cm³/mol.